The number of phenols is 2. The first-order valence-corrected chi connectivity index (χ1v) is 27.7. The van der Waals surface area contributed by atoms with Crippen LogP contribution < -0.4 is 36.5 Å². The lowest BCUT2D eigenvalue weighted by atomic mass is 9.84. The van der Waals surface area contributed by atoms with Crippen LogP contribution in [0.25, 0.3) is 5.57 Å². The van der Waals surface area contributed by atoms with Crippen LogP contribution in [0.2, 0.25) is 0 Å². The number of fused-ring (bicyclic) bond motifs is 2. The predicted molar refractivity (Wildman–Crippen MR) is 330 cm³/mol. The molecule has 10 N–H and O–H groups in total. The van der Waals surface area contributed by atoms with Crippen molar-refractivity contribution in [3.05, 3.63) is 216 Å². The Hall–Kier alpha value is -8.38. The molecule has 1 heterocycles. The number of aliphatic hydroxyl groups excluding tert-OH is 1. The Morgan fingerprint density at radius 2 is 1.29 bits per heavy atom. The zero-order valence-electron chi connectivity index (χ0n) is 46.8. The highest BCUT2D eigenvalue weighted by Gasteiger charge is 2.29. The highest BCUT2D eigenvalue weighted by molar-refractivity contribution is 14.1. The molecule has 6 aromatic rings. The smallest absolute Gasteiger partial charge is 0.336 e. The second kappa shape index (κ2) is 34.9. The first kappa shape index (κ1) is 68.1. The van der Waals surface area contributed by atoms with Gasteiger partial charge in [0.2, 0.25) is 5.91 Å². The van der Waals surface area contributed by atoms with Gasteiger partial charge >= 0.3 is 5.97 Å². The minimum absolute atomic E-state index is 0.0333. The third-order valence-corrected chi connectivity index (χ3v) is 13.6. The van der Waals surface area contributed by atoms with Crippen LogP contribution >= 0.6 is 34.8 Å². The number of aromatic hydroxyl groups is 2. The van der Waals surface area contributed by atoms with E-state index in [0.717, 1.165) is 38.0 Å². The van der Waals surface area contributed by atoms with Gasteiger partial charge in [-0.05, 0) is 172 Å². The number of ether oxygens (including phenoxy) is 2. The molecule has 0 fully saturated rings. The molecule has 0 saturated heterocycles. The van der Waals surface area contributed by atoms with Gasteiger partial charge in [-0.1, -0.05) is 61.6 Å². The monoisotopic (exact) mass is 1280 g/mol. The molecule has 84 heavy (non-hydrogen) atoms. The van der Waals surface area contributed by atoms with Crippen LogP contribution in [0.1, 0.15) is 89.0 Å². The molecular weight excluding hydrogens is 1210 g/mol. The van der Waals surface area contributed by atoms with Crippen molar-refractivity contribution in [3.8, 4) is 23.0 Å². The molecule has 0 aromatic heterocycles. The lowest BCUT2D eigenvalue weighted by Crippen LogP contribution is -2.40. The van der Waals surface area contributed by atoms with E-state index in [-0.39, 0.29) is 59.8 Å². The van der Waals surface area contributed by atoms with Gasteiger partial charge in [-0.2, -0.15) is 0 Å². The Bertz CT molecular complexity index is 3260. The van der Waals surface area contributed by atoms with E-state index in [0.29, 0.717) is 75.5 Å². The van der Waals surface area contributed by atoms with E-state index in [1.165, 1.54) is 43.4 Å². The van der Waals surface area contributed by atoms with Gasteiger partial charge in [0.25, 0.3) is 17.7 Å². The summed E-state index contributed by atoms with van der Waals surface area (Å²) in [5, 5.41) is 49.1. The Morgan fingerprint density at radius 3 is 1.82 bits per heavy atom. The number of aryl methyl sites for hydroxylation is 1. The molecule has 1 aliphatic carbocycles. The lowest BCUT2D eigenvalue weighted by Gasteiger charge is -2.28. The summed E-state index contributed by atoms with van der Waals surface area (Å²) in [6.07, 6.45) is 7.13. The van der Waals surface area contributed by atoms with E-state index in [9.17, 15) is 57.6 Å². The Morgan fingerprint density at radius 1 is 0.726 bits per heavy atom. The summed E-state index contributed by atoms with van der Waals surface area (Å²) in [7, 11) is 6.25. The molecule has 8 rings (SSSR count). The second-order valence-electron chi connectivity index (χ2n) is 18.2. The van der Waals surface area contributed by atoms with Crippen molar-refractivity contribution in [2.75, 3.05) is 48.1 Å². The maximum absolute atomic E-state index is 12.3. The van der Waals surface area contributed by atoms with Gasteiger partial charge in [-0.3, -0.25) is 23.6 Å². The zero-order chi connectivity index (χ0) is 61.9. The topological polar surface area (TPSA) is 259 Å². The standard InChI is InChI=1S/C24H20O5S.C11H14FNO.C10H12FNO2.C10H13IN2O2.C8H8FNO/c1-2-16(30)9-13-3-6-17(20(10-13)24(27)28)23-18-7-4-14(25)11-21(18)29-22-12-15(26)5-8-19(22)23;1-13-11(14)10-6-4-9(5-7-10)3-2-8-12;1-12-10(13)8-2-4-9(5-3-8)14-7-6-11;1-13-10(15)8(12)5-6-2-3-9(14)7(11)4-6;1-10-8(11)6-2-4-7(9)5-3-6/h3-8,10-12,14,25-26H,2,9H2,1H3,(H,27,28);4-7H,2-3,8H2,1H3,(H,13,14);2-5H,6-7H2,1H3,(H,12,13);2-4,8,14H,5,12H2,1H3,(H,13,15);2-5H,1H3,(H,10,11)/i;12-1;11-1;11-4;9-1. The highest BCUT2D eigenvalue weighted by Crippen LogP contribution is 2.45. The second-order valence-corrected chi connectivity index (χ2v) is 20.0. The van der Waals surface area contributed by atoms with Crippen molar-refractivity contribution < 1.29 is 67.0 Å². The van der Waals surface area contributed by atoms with Crippen molar-refractivity contribution in [2.24, 2.45) is 5.73 Å². The fourth-order valence-electron chi connectivity index (χ4n) is 7.87. The normalized spacial score (nSPS) is 12.7. The molecule has 2 atom stereocenters. The van der Waals surface area contributed by atoms with Gasteiger partial charge in [-0.15, -0.1) is 0 Å². The van der Waals surface area contributed by atoms with Crippen LogP contribution in [-0.4, -0.2) is 115 Å². The fourth-order valence-corrected chi connectivity index (χ4v) is 8.62. The van der Waals surface area contributed by atoms with Gasteiger partial charge in [-0.25, -0.2) is 13.6 Å². The zero-order valence-corrected chi connectivity index (χ0v) is 49.8. The number of nitrogens with two attached hydrogens (primary N) is 1. The Labute approximate surface area is 504 Å². The fraction of sp³-hybridized carbons (Fsp3) is 0.238. The summed E-state index contributed by atoms with van der Waals surface area (Å²) in [6.45, 7) is 1.21. The number of amides is 4. The van der Waals surface area contributed by atoms with E-state index in [1.54, 1.807) is 106 Å². The molecule has 2 unspecified atom stereocenters. The Kier molecular flexibility index (Phi) is 28.3. The van der Waals surface area contributed by atoms with Crippen LogP contribution in [0.4, 0.5) is 13.2 Å². The number of thiocarbonyl (C=S) groups is 1. The number of aromatic carboxylic acids is 1. The van der Waals surface area contributed by atoms with Crippen molar-refractivity contribution >= 4 is 74.8 Å². The van der Waals surface area contributed by atoms with Crippen LogP contribution in [-0.2, 0) is 24.1 Å². The minimum Gasteiger partial charge on any atom is -0.508 e. The number of rotatable bonds is 17. The molecule has 4 amide bonds. The molecule has 16 nitrogen and oxygen atoms in total. The number of carboxylic acid groups (broad SMARTS) is 1. The van der Waals surface area contributed by atoms with Gasteiger partial charge in [0, 0.05) is 74.1 Å². The van der Waals surface area contributed by atoms with Crippen molar-refractivity contribution in [2.45, 2.75) is 51.2 Å². The van der Waals surface area contributed by atoms with Crippen molar-refractivity contribution in [1.29, 1.82) is 0 Å². The maximum Gasteiger partial charge on any atom is 0.336 e. The number of halogens is 4. The van der Waals surface area contributed by atoms with E-state index >= 15 is 0 Å². The number of carbonyl (C=O) groups excluding carboxylic acids is 4. The number of alkyl halides is 2. The predicted octanol–water partition coefficient (Wildman–Crippen LogP) is 9.56. The number of carbonyl (C=O) groups is 5. The van der Waals surface area contributed by atoms with Crippen LogP contribution in [0, 0.1) is 9.39 Å². The average molecular weight is 1280 g/mol. The van der Waals surface area contributed by atoms with Crippen LogP contribution in [0.3, 0.4) is 0 Å². The summed E-state index contributed by atoms with van der Waals surface area (Å²) in [5.74, 6) is -0.348. The first-order valence-electron chi connectivity index (χ1n) is 26.2. The lowest BCUT2D eigenvalue weighted by molar-refractivity contribution is -0.121. The number of allylic oxidation sites excluding steroid dienone is 1. The van der Waals surface area contributed by atoms with E-state index in [1.807, 2.05) is 53.8 Å². The summed E-state index contributed by atoms with van der Waals surface area (Å²) in [6, 6.07) is 33.9. The highest BCUT2D eigenvalue weighted by atomic mass is 123. The minimum atomic E-state index is -1.04. The van der Waals surface area contributed by atoms with Crippen molar-refractivity contribution in [3.63, 3.8) is 0 Å². The first-order chi connectivity index (χ1) is 40.2. The van der Waals surface area contributed by atoms with Gasteiger partial charge in [0.1, 0.15) is 47.9 Å². The number of benzene rings is 6. The third-order valence-electron chi connectivity index (χ3n) is 12.3. The largest absolute Gasteiger partial charge is 0.508 e. The van der Waals surface area contributed by atoms with Crippen molar-refractivity contribution in [1.82, 2.24) is 21.3 Å². The molecule has 0 spiro atoms. The third kappa shape index (κ3) is 21.1. The van der Waals surface area contributed by atoms with Gasteiger partial charge < -0.3 is 56.9 Å². The van der Waals surface area contributed by atoms with Gasteiger partial charge in [0.15, 0.2) is 0 Å². The average Bonchev–Trinajstić information content (AvgIpc) is 2.64. The molecule has 2 aliphatic rings. The number of likely N-dealkylation sites (N-methyl/N-ethyl adjacent to an activating group) is 1. The number of hydrogen-bond acceptors (Lipinski definition) is 12. The molecular formula is C63H67F3IN5O11S. The molecule has 0 bridgehead atoms. The molecule has 0 saturated carbocycles. The van der Waals surface area contributed by atoms with Crippen LogP contribution in [0.5, 0.6) is 23.0 Å². The number of aliphatic hydroxyl groups is 1. The summed E-state index contributed by atoms with van der Waals surface area (Å²) < 4.78 is 47.6. The SMILES string of the molecule is CCC(=S)Cc1ccc(C2=C3C=CC(O)C=C3Oc3cc(O)ccc32)c(C(=O)O)c1.CNC(=O)C(N)Cc1ccc(O)c([123I])c1.CNC(=O)c1ccc(CCC[18F])cc1.CNC(=O)c1ccc(OCC[18F])cc1.CNC(=O)c1ccc([18F])cc1. The molecule has 1 aliphatic heterocycles. The van der Waals surface area contributed by atoms with E-state index in [4.69, 9.17) is 27.4 Å². The van der Waals surface area contributed by atoms with Gasteiger partial charge in [0.05, 0.1) is 28.0 Å². The van der Waals surface area contributed by atoms with Crippen LogP contribution in [0.15, 0.2) is 157 Å². The molecule has 6 aromatic carbocycles. The number of phenolic OH excluding ortho intramolecular Hbond substituents is 2. The summed E-state index contributed by atoms with van der Waals surface area (Å²) >= 11 is 7.35. The molecule has 21 heteroatoms. The Balaban J connectivity index is 0.000000240. The summed E-state index contributed by atoms with van der Waals surface area (Å²) in [5.41, 5.74) is 12.9. The summed E-state index contributed by atoms with van der Waals surface area (Å²) in [4.78, 5) is 57.4. The quantitative estimate of drug-likeness (QED) is 0.0305. The number of hydrogen-bond donors (Lipinski definition) is 9. The van der Waals surface area contributed by atoms with E-state index < -0.39 is 24.8 Å². The molecule has 0 radical (unpaired) electrons. The van der Waals surface area contributed by atoms with E-state index in [2.05, 4.69) is 21.3 Å². The number of carboxylic acids is 1. The maximum atomic E-state index is 12.3. The number of nitrogens with one attached hydrogen (secondary N) is 4. The molecule has 444 valence electrons.